The molecule has 126 valence electrons. The second kappa shape index (κ2) is 6.32. The van der Waals surface area contributed by atoms with Crippen molar-refractivity contribution in [1.29, 1.82) is 0 Å². The van der Waals surface area contributed by atoms with Gasteiger partial charge in [0.2, 0.25) is 5.91 Å². The summed E-state index contributed by atoms with van der Waals surface area (Å²) in [6.45, 7) is 4.80. The molecule has 0 spiro atoms. The summed E-state index contributed by atoms with van der Waals surface area (Å²) in [4.78, 5) is 12.7. The highest BCUT2D eigenvalue weighted by Crippen LogP contribution is 2.48. The molecule has 1 saturated carbocycles. The van der Waals surface area contributed by atoms with Crippen molar-refractivity contribution in [3.63, 3.8) is 0 Å². The van der Waals surface area contributed by atoms with Crippen LogP contribution in [0.1, 0.15) is 37.8 Å². The molecule has 1 N–H and O–H groups in total. The van der Waals surface area contributed by atoms with Crippen LogP contribution in [0.4, 0.5) is 4.39 Å². The van der Waals surface area contributed by atoms with Crippen LogP contribution in [0.5, 0.6) is 0 Å². The number of nitrogens with one attached hydrogen (secondary N) is 1. The molecule has 1 fully saturated rings. The fourth-order valence-electron chi connectivity index (χ4n) is 3.01. The van der Waals surface area contributed by atoms with Gasteiger partial charge in [0.1, 0.15) is 5.82 Å². The third-order valence-corrected chi connectivity index (χ3v) is 5.43. The van der Waals surface area contributed by atoms with Gasteiger partial charge in [-0.15, -0.1) is 0 Å². The van der Waals surface area contributed by atoms with Gasteiger partial charge < -0.3 is 5.32 Å². The lowest BCUT2D eigenvalue weighted by Crippen LogP contribution is -2.41. The molecule has 0 saturated heterocycles. The Kier molecular flexibility index (Phi) is 4.52. The monoisotopic (exact) mass is 389 g/mol. The summed E-state index contributed by atoms with van der Waals surface area (Å²) in [5, 5.41) is 3.11. The highest BCUT2D eigenvalue weighted by Gasteiger charge is 2.51. The van der Waals surface area contributed by atoms with E-state index in [2.05, 4.69) is 47.2 Å². The van der Waals surface area contributed by atoms with Crippen LogP contribution in [0, 0.1) is 5.82 Å². The van der Waals surface area contributed by atoms with Crippen molar-refractivity contribution in [3.05, 3.63) is 69.9 Å². The summed E-state index contributed by atoms with van der Waals surface area (Å²) in [6.07, 6.45) is 1.65. The Morgan fingerprint density at radius 3 is 2.25 bits per heavy atom. The molecule has 0 bridgehead atoms. The zero-order valence-electron chi connectivity index (χ0n) is 13.9. The number of carbonyl (C=O) groups excluding carboxylic acids is 1. The molecule has 1 aliphatic rings. The van der Waals surface area contributed by atoms with Crippen molar-refractivity contribution >= 4 is 21.8 Å². The molecule has 0 aromatic heterocycles. The highest BCUT2D eigenvalue weighted by atomic mass is 79.9. The van der Waals surface area contributed by atoms with Gasteiger partial charge >= 0.3 is 0 Å². The van der Waals surface area contributed by atoms with Crippen molar-refractivity contribution in [1.82, 2.24) is 5.32 Å². The number of benzene rings is 2. The Bertz CT molecular complexity index is 733. The quantitative estimate of drug-likeness (QED) is 0.787. The fourth-order valence-corrected chi connectivity index (χ4v) is 3.28. The first kappa shape index (κ1) is 17.2. The summed E-state index contributed by atoms with van der Waals surface area (Å²) in [5.41, 5.74) is 1.46. The second-order valence-corrected chi connectivity index (χ2v) is 8.08. The van der Waals surface area contributed by atoms with E-state index in [4.69, 9.17) is 0 Å². The van der Waals surface area contributed by atoms with Gasteiger partial charge in [0.25, 0.3) is 0 Å². The zero-order chi connectivity index (χ0) is 17.4. The van der Waals surface area contributed by atoms with E-state index < -0.39 is 5.41 Å². The van der Waals surface area contributed by atoms with Crippen molar-refractivity contribution < 1.29 is 9.18 Å². The van der Waals surface area contributed by atoms with E-state index in [0.29, 0.717) is 6.54 Å². The molecule has 0 heterocycles. The molecular weight excluding hydrogens is 369 g/mol. The summed E-state index contributed by atoms with van der Waals surface area (Å²) < 4.78 is 14.2. The number of rotatable bonds is 5. The third-order valence-electron chi connectivity index (χ3n) is 4.90. The topological polar surface area (TPSA) is 29.1 Å². The molecule has 4 heteroatoms. The van der Waals surface area contributed by atoms with Gasteiger partial charge in [-0.05, 0) is 48.2 Å². The first-order chi connectivity index (χ1) is 11.3. The lowest BCUT2D eigenvalue weighted by Gasteiger charge is -2.27. The van der Waals surface area contributed by atoms with Crippen LogP contribution in [-0.2, 0) is 15.6 Å². The summed E-state index contributed by atoms with van der Waals surface area (Å²) >= 11 is 3.44. The molecule has 0 aliphatic heterocycles. The zero-order valence-corrected chi connectivity index (χ0v) is 15.5. The summed E-state index contributed by atoms with van der Waals surface area (Å²) in [6, 6.07) is 14.5. The lowest BCUT2D eigenvalue weighted by atomic mass is 9.84. The molecule has 2 aromatic rings. The smallest absolute Gasteiger partial charge is 0.230 e. The van der Waals surface area contributed by atoms with E-state index in [1.165, 1.54) is 17.7 Å². The minimum absolute atomic E-state index is 0.0410. The third kappa shape index (κ3) is 3.39. The van der Waals surface area contributed by atoms with Gasteiger partial charge in [-0.2, -0.15) is 0 Å². The van der Waals surface area contributed by atoms with Crippen molar-refractivity contribution in [2.24, 2.45) is 0 Å². The Hall–Kier alpha value is -1.68. The molecule has 3 rings (SSSR count). The maximum absolute atomic E-state index is 13.1. The van der Waals surface area contributed by atoms with Crippen LogP contribution < -0.4 is 5.32 Å². The van der Waals surface area contributed by atoms with Gasteiger partial charge in [-0.3, -0.25) is 4.79 Å². The predicted octanol–water partition coefficient (Wildman–Crippen LogP) is 4.71. The molecule has 1 amide bonds. The molecule has 2 aromatic carbocycles. The number of amides is 1. The van der Waals surface area contributed by atoms with E-state index in [1.807, 2.05) is 12.1 Å². The lowest BCUT2D eigenvalue weighted by molar-refractivity contribution is -0.123. The molecule has 1 aliphatic carbocycles. The Morgan fingerprint density at radius 2 is 1.71 bits per heavy atom. The predicted molar refractivity (Wildman–Crippen MR) is 97.5 cm³/mol. The maximum Gasteiger partial charge on any atom is 0.230 e. The first-order valence-electron chi connectivity index (χ1n) is 8.14. The number of hydrogen-bond acceptors (Lipinski definition) is 1. The van der Waals surface area contributed by atoms with Crippen molar-refractivity contribution in [2.75, 3.05) is 6.54 Å². The summed E-state index contributed by atoms with van der Waals surface area (Å²) in [5.74, 6) is -0.231. The minimum Gasteiger partial charge on any atom is -0.354 e. The van der Waals surface area contributed by atoms with E-state index in [1.54, 1.807) is 12.1 Å². The normalized spacial score (nSPS) is 15.8. The molecular formula is C20H21BrFNO. The van der Waals surface area contributed by atoms with Crippen LogP contribution in [-0.4, -0.2) is 12.5 Å². The van der Waals surface area contributed by atoms with Gasteiger partial charge in [0, 0.05) is 16.4 Å². The van der Waals surface area contributed by atoms with Crippen molar-refractivity contribution in [2.45, 2.75) is 37.5 Å². The van der Waals surface area contributed by atoms with Gasteiger partial charge in [-0.1, -0.05) is 54.0 Å². The van der Waals surface area contributed by atoms with Crippen LogP contribution in [0.2, 0.25) is 0 Å². The maximum atomic E-state index is 13.1. The standard InChI is InChI=1S/C20H21BrFNO/c1-19(2,14-3-7-16(21)8-4-14)13-23-18(24)20(11-12-20)15-5-9-17(22)10-6-15/h3-10H,11-13H2,1-2H3,(H,23,24). The molecule has 0 unspecified atom stereocenters. The summed E-state index contributed by atoms with van der Waals surface area (Å²) in [7, 11) is 0. The average molecular weight is 390 g/mol. The second-order valence-electron chi connectivity index (χ2n) is 7.16. The van der Waals surface area contributed by atoms with Gasteiger partial charge in [-0.25, -0.2) is 4.39 Å². The van der Waals surface area contributed by atoms with Crippen molar-refractivity contribution in [3.8, 4) is 0 Å². The van der Waals surface area contributed by atoms with E-state index in [-0.39, 0.29) is 17.1 Å². The Labute approximate surface area is 150 Å². The largest absolute Gasteiger partial charge is 0.354 e. The van der Waals surface area contributed by atoms with Crippen LogP contribution in [0.15, 0.2) is 53.0 Å². The highest BCUT2D eigenvalue weighted by molar-refractivity contribution is 9.10. The molecule has 24 heavy (non-hydrogen) atoms. The van der Waals surface area contributed by atoms with Crippen LogP contribution in [0.3, 0.4) is 0 Å². The average Bonchev–Trinajstić information content (AvgIpc) is 3.35. The Morgan fingerprint density at radius 1 is 1.12 bits per heavy atom. The Balaban J connectivity index is 1.69. The number of hydrogen-bond donors (Lipinski definition) is 1. The van der Waals surface area contributed by atoms with Gasteiger partial charge in [0.15, 0.2) is 0 Å². The number of halogens is 2. The van der Waals surface area contributed by atoms with Crippen LogP contribution in [0.25, 0.3) is 0 Å². The molecule has 2 nitrogen and oxygen atoms in total. The number of carbonyl (C=O) groups is 1. The SMILES string of the molecule is CC(C)(CNC(=O)C1(c2ccc(F)cc2)CC1)c1ccc(Br)cc1. The first-order valence-corrected chi connectivity index (χ1v) is 8.93. The minimum atomic E-state index is -0.469. The molecule has 0 radical (unpaired) electrons. The van der Waals surface area contributed by atoms with Crippen LogP contribution >= 0.6 is 15.9 Å². The van der Waals surface area contributed by atoms with E-state index in [9.17, 15) is 9.18 Å². The fraction of sp³-hybridized carbons (Fsp3) is 0.350. The van der Waals surface area contributed by atoms with Gasteiger partial charge in [0.05, 0.1) is 5.41 Å². The van der Waals surface area contributed by atoms with E-state index >= 15 is 0 Å². The molecule has 0 atom stereocenters. The van der Waals surface area contributed by atoms with E-state index in [0.717, 1.165) is 22.9 Å².